The second kappa shape index (κ2) is 5.44. The van der Waals surface area contributed by atoms with Crippen LogP contribution in [0.15, 0.2) is 54.7 Å². The Morgan fingerprint density at radius 2 is 1.86 bits per heavy atom. The SMILES string of the molecule is Cc1cccc(NC(=O)Cn2ccc3ccc(C)cc32)c1. The quantitative estimate of drug-likeness (QED) is 0.774. The molecule has 2 aromatic carbocycles. The predicted molar refractivity (Wildman–Crippen MR) is 86.5 cm³/mol. The summed E-state index contributed by atoms with van der Waals surface area (Å²) in [6, 6.07) is 16.1. The van der Waals surface area contributed by atoms with Crippen molar-refractivity contribution in [2.45, 2.75) is 20.4 Å². The number of carbonyl (C=O) groups excluding carboxylic acids is 1. The zero-order valence-corrected chi connectivity index (χ0v) is 12.3. The first kappa shape index (κ1) is 13.4. The lowest BCUT2D eigenvalue weighted by molar-refractivity contribution is -0.116. The molecule has 3 nitrogen and oxygen atoms in total. The molecule has 1 aromatic heterocycles. The monoisotopic (exact) mass is 278 g/mol. The van der Waals surface area contributed by atoms with Crippen LogP contribution in [0.4, 0.5) is 5.69 Å². The molecule has 0 aliphatic carbocycles. The molecule has 1 heterocycles. The predicted octanol–water partition coefficient (Wildman–Crippen LogP) is 3.90. The van der Waals surface area contributed by atoms with Crippen LogP contribution in [0.3, 0.4) is 0 Å². The van der Waals surface area contributed by atoms with Gasteiger partial charge < -0.3 is 9.88 Å². The zero-order valence-electron chi connectivity index (χ0n) is 12.3. The van der Waals surface area contributed by atoms with E-state index in [1.54, 1.807) is 0 Å². The number of rotatable bonds is 3. The Morgan fingerprint density at radius 3 is 2.67 bits per heavy atom. The molecule has 0 atom stereocenters. The van der Waals surface area contributed by atoms with Gasteiger partial charge in [0.1, 0.15) is 6.54 Å². The number of anilines is 1. The molecule has 1 amide bonds. The average molecular weight is 278 g/mol. The molecule has 3 aromatic rings. The molecule has 1 N–H and O–H groups in total. The minimum atomic E-state index is -0.0143. The van der Waals surface area contributed by atoms with Gasteiger partial charge >= 0.3 is 0 Å². The first-order valence-electron chi connectivity index (χ1n) is 7.04. The summed E-state index contributed by atoms with van der Waals surface area (Å²) in [7, 11) is 0. The van der Waals surface area contributed by atoms with E-state index >= 15 is 0 Å². The van der Waals surface area contributed by atoms with Gasteiger partial charge in [0.2, 0.25) is 5.91 Å². The number of amides is 1. The minimum absolute atomic E-state index is 0.0143. The normalized spacial score (nSPS) is 10.8. The van der Waals surface area contributed by atoms with Gasteiger partial charge in [0.15, 0.2) is 0 Å². The highest BCUT2D eigenvalue weighted by Crippen LogP contribution is 2.17. The highest BCUT2D eigenvalue weighted by Gasteiger charge is 2.07. The number of carbonyl (C=O) groups is 1. The Balaban J connectivity index is 1.79. The Morgan fingerprint density at radius 1 is 1.05 bits per heavy atom. The standard InChI is InChI=1S/C18H18N2O/c1-13-4-3-5-16(10-13)19-18(21)12-20-9-8-15-7-6-14(2)11-17(15)20/h3-11H,12H2,1-2H3,(H,19,21). The highest BCUT2D eigenvalue weighted by atomic mass is 16.1. The molecule has 0 bridgehead atoms. The van der Waals surface area contributed by atoms with Gasteiger partial charge in [0.25, 0.3) is 0 Å². The van der Waals surface area contributed by atoms with Crippen molar-refractivity contribution in [2.24, 2.45) is 0 Å². The molecule has 0 saturated heterocycles. The summed E-state index contributed by atoms with van der Waals surface area (Å²) in [5, 5.41) is 4.10. The van der Waals surface area contributed by atoms with Crippen molar-refractivity contribution >= 4 is 22.5 Å². The van der Waals surface area contributed by atoms with Gasteiger partial charge in [-0.3, -0.25) is 4.79 Å². The van der Waals surface area contributed by atoms with Crippen LogP contribution in [-0.2, 0) is 11.3 Å². The molecular formula is C18H18N2O. The van der Waals surface area contributed by atoms with Gasteiger partial charge in [-0.15, -0.1) is 0 Å². The van der Waals surface area contributed by atoms with E-state index in [0.717, 1.165) is 22.2 Å². The Bertz CT molecular complexity index is 802. The molecule has 0 aliphatic rings. The van der Waals surface area contributed by atoms with Gasteiger partial charge in [-0.05, 0) is 54.6 Å². The zero-order chi connectivity index (χ0) is 14.8. The topological polar surface area (TPSA) is 34.0 Å². The van der Waals surface area contributed by atoms with Crippen molar-refractivity contribution < 1.29 is 4.79 Å². The fourth-order valence-electron chi connectivity index (χ4n) is 2.51. The molecule has 3 rings (SSSR count). The number of hydrogen-bond donors (Lipinski definition) is 1. The second-order valence-electron chi connectivity index (χ2n) is 5.42. The third kappa shape index (κ3) is 2.97. The van der Waals surface area contributed by atoms with Crippen molar-refractivity contribution in [3.8, 4) is 0 Å². The van der Waals surface area contributed by atoms with E-state index in [2.05, 4.69) is 30.4 Å². The largest absolute Gasteiger partial charge is 0.338 e. The number of nitrogens with one attached hydrogen (secondary N) is 1. The highest BCUT2D eigenvalue weighted by molar-refractivity contribution is 5.92. The molecular weight excluding hydrogens is 260 g/mol. The number of nitrogens with zero attached hydrogens (tertiary/aromatic N) is 1. The molecule has 0 aliphatic heterocycles. The summed E-state index contributed by atoms with van der Waals surface area (Å²) >= 11 is 0. The molecule has 106 valence electrons. The Hall–Kier alpha value is -2.55. The van der Waals surface area contributed by atoms with Crippen molar-refractivity contribution in [3.05, 3.63) is 65.9 Å². The summed E-state index contributed by atoms with van der Waals surface area (Å²) in [6.07, 6.45) is 1.96. The van der Waals surface area contributed by atoms with Gasteiger partial charge in [0.05, 0.1) is 0 Å². The number of hydrogen-bond acceptors (Lipinski definition) is 1. The van der Waals surface area contributed by atoms with Crippen LogP contribution in [0.5, 0.6) is 0 Å². The number of aromatic nitrogens is 1. The molecule has 0 saturated carbocycles. The average Bonchev–Trinajstić information content (AvgIpc) is 2.81. The number of benzene rings is 2. The number of fused-ring (bicyclic) bond motifs is 1. The van der Waals surface area contributed by atoms with E-state index in [1.807, 2.05) is 48.0 Å². The van der Waals surface area contributed by atoms with Gasteiger partial charge in [-0.1, -0.05) is 24.3 Å². The van der Waals surface area contributed by atoms with E-state index in [-0.39, 0.29) is 5.91 Å². The van der Waals surface area contributed by atoms with Gasteiger partial charge in [-0.2, -0.15) is 0 Å². The lowest BCUT2D eigenvalue weighted by Crippen LogP contribution is -2.18. The molecule has 21 heavy (non-hydrogen) atoms. The van der Waals surface area contributed by atoms with E-state index < -0.39 is 0 Å². The summed E-state index contributed by atoms with van der Waals surface area (Å²) in [6.45, 7) is 4.39. The van der Waals surface area contributed by atoms with Crippen LogP contribution in [0.1, 0.15) is 11.1 Å². The molecule has 0 fully saturated rings. The first-order valence-corrected chi connectivity index (χ1v) is 7.04. The smallest absolute Gasteiger partial charge is 0.244 e. The van der Waals surface area contributed by atoms with Crippen molar-refractivity contribution in [1.29, 1.82) is 0 Å². The maximum atomic E-state index is 12.2. The first-order chi connectivity index (χ1) is 10.1. The van der Waals surface area contributed by atoms with Crippen LogP contribution < -0.4 is 5.32 Å². The molecule has 0 spiro atoms. The third-order valence-corrected chi connectivity index (χ3v) is 3.55. The van der Waals surface area contributed by atoms with E-state index in [9.17, 15) is 4.79 Å². The van der Waals surface area contributed by atoms with Crippen molar-refractivity contribution in [2.75, 3.05) is 5.32 Å². The van der Waals surface area contributed by atoms with Crippen LogP contribution in [0.2, 0.25) is 0 Å². The Kier molecular flexibility index (Phi) is 3.48. The Labute approximate surface area is 124 Å². The maximum Gasteiger partial charge on any atom is 0.244 e. The van der Waals surface area contributed by atoms with Crippen molar-refractivity contribution in [3.63, 3.8) is 0 Å². The van der Waals surface area contributed by atoms with Gasteiger partial charge in [-0.25, -0.2) is 0 Å². The lowest BCUT2D eigenvalue weighted by atomic mass is 10.2. The van der Waals surface area contributed by atoms with Gasteiger partial charge in [0, 0.05) is 17.4 Å². The van der Waals surface area contributed by atoms with Crippen LogP contribution >= 0.6 is 0 Å². The summed E-state index contributed by atoms with van der Waals surface area (Å²) < 4.78 is 1.98. The summed E-state index contributed by atoms with van der Waals surface area (Å²) in [4.78, 5) is 12.2. The molecule has 0 radical (unpaired) electrons. The van der Waals surface area contributed by atoms with Crippen LogP contribution in [0, 0.1) is 13.8 Å². The fourth-order valence-corrected chi connectivity index (χ4v) is 2.51. The molecule has 0 unspecified atom stereocenters. The number of aryl methyl sites for hydroxylation is 2. The fraction of sp³-hybridized carbons (Fsp3) is 0.167. The van der Waals surface area contributed by atoms with Crippen LogP contribution in [0.25, 0.3) is 10.9 Å². The lowest BCUT2D eigenvalue weighted by Gasteiger charge is -2.08. The summed E-state index contributed by atoms with van der Waals surface area (Å²) in [5.41, 5.74) is 4.26. The van der Waals surface area contributed by atoms with E-state index in [1.165, 1.54) is 5.56 Å². The van der Waals surface area contributed by atoms with Crippen molar-refractivity contribution in [1.82, 2.24) is 4.57 Å². The van der Waals surface area contributed by atoms with E-state index in [0.29, 0.717) is 6.54 Å². The third-order valence-electron chi connectivity index (χ3n) is 3.55. The second-order valence-corrected chi connectivity index (χ2v) is 5.42. The van der Waals surface area contributed by atoms with Crippen LogP contribution in [-0.4, -0.2) is 10.5 Å². The summed E-state index contributed by atoms with van der Waals surface area (Å²) in [5.74, 6) is -0.0143. The maximum absolute atomic E-state index is 12.2. The minimum Gasteiger partial charge on any atom is -0.338 e. The van der Waals surface area contributed by atoms with E-state index in [4.69, 9.17) is 0 Å². The molecule has 3 heteroatoms.